The Morgan fingerprint density at radius 2 is 1.06 bits per heavy atom. The Kier molecular flexibility index (Phi) is 13.9. The highest BCUT2D eigenvalue weighted by Crippen LogP contribution is 2.09. The zero-order chi connectivity index (χ0) is 23.7. The van der Waals surface area contributed by atoms with E-state index in [1.807, 2.05) is 12.1 Å². The van der Waals surface area contributed by atoms with Crippen LogP contribution < -0.4 is 10.6 Å². The summed E-state index contributed by atoms with van der Waals surface area (Å²) in [4.78, 5) is 4.68. The van der Waals surface area contributed by atoms with Crippen LogP contribution in [0.2, 0.25) is 0 Å². The summed E-state index contributed by atoms with van der Waals surface area (Å²) < 4.78 is 0. The normalized spacial score (nSPS) is 13.5. The van der Waals surface area contributed by atoms with Crippen LogP contribution in [0, 0.1) is 0 Å². The van der Waals surface area contributed by atoms with Crippen LogP contribution in [-0.2, 0) is 13.1 Å². The van der Waals surface area contributed by atoms with Gasteiger partial charge < -0.3 is 20.8 Å². The predicted octanol–water partition coefficient (Wildman–Crippen LogP) is 2.32. The smallest absolute Gasteiger partial charge is 0.0791 e. The third-order valence-corrected chi connectivity index (χ3v) is 5.64. The minimum absolute atomic E-state index is 0.393. The van der Waals surface area contributed by atoms with E-state index >= 15 is 0 Å². The summed E-state index contributed by atoms with van der Waals surface area (Å²) in [5.41, 5.74) is 2.52. The molecule has 0 radical (unpaired) electrons. The Morgan fingerprint density at radius 1 is 0.667 bits per heavy atom. The van der Waals surface area contributed by atoms with E-state index in [1.165, 1.54) is 11.1 Å². The number of likely N-dealkylation sites (N-methyl/N-ethyl adjacent to an activating group) is 2. The van der Waals surface area contributed by atoms with Crippen LogP contribution in [0.4, 0.5) is 0 Å². The lowest BCUT2D eigenvalue weighted by molar-refractivity contribution is 0.0921. The standard InChI is InChI=1S/C27H44N4O2/c1-3-28-18-26(32)22-30(20-24-12-7-5-8-13-24)16-11-17-31(23-27(33)19-29-4-2)21-25-14-9-6-10-15-25/h5-10,12-15,26-29,32-33H,3-4,11,16-23H2,1-2H3/t26-,27-/m0/s1. The summed E-state index contributed by atoms with van der Waals surface area (Å²) in [5, 5.41) is 27.4. The molecule has 0 amide bonds. The van der Waals surface area contributed by atoms with Gasteiger partial charge in [-0.1, -0.05) is 74.5 Å². The van der Waals surface area contributed by atoms with Gasteiger partial charge in [0.2, 0.25) is 0 Å². The van der Waals surface area contributed by atoms with Gasteiger partial charge in [-0.3, -0.25) is 9.80 Å². The number of hydrogen-bond donors (Lipinski definition) is 4. The van der Waals surface area contributed by atoms with Crippen molar-refractivity contribution in [2.45, 2.75) is 45.6 Å². The molecule has 2 aromatic carbocycles. The summed E-state index contributed by atoms with van der Waals surface area (Å²) >= 11 is 0. The number of aliphatic hydroxyl groups is 2. The van der Waals surface area contributed by atoms with Crippen molar-refractivity contribution in [1.29, 1.82) is 0 Å². The van der Waals surface area contributed by atoms with Crippen LogP contribution in [-0.4, -0.2) is 84.6 Å². The molecule has 0 unspecified atom stereocenters. The van der Waals surface area contributed by atoms with Gasteiger partial charge >= 0.3 is 0 Å². The van der Waals surface area contributed by atoms with E-state index in [0.29, 0.717) is 26.2 Å². The molecule has 2 aromatic rings. The van der Waals surface area contributed by atoms with E-state index in [0.717, 1.165) is 45.7 Å². The number of aliphatic hydroxyl groups excluding tert-OH is 2. The maximum absolute atomic E-state index is 10.5. The SMILES string of the molecule is CCNC[C@H](O)CN(CCCN(Cc1ccccc1)C[C@@H](O)CNCC)Cc1ccccc1. The average molecular weight is 457 g/mol. The van der Waals surface area contributed by atoms with Crippen molar-refractivity contribution in [2.75, 3.05) is 52.4 Å². The number of rotatable bonds is 18. The second-order valence-corrected chi connectivity index (χ2v) is 8.72. The summed E-state index contributed by atoms with van der Waals surface area (Å²) in [6.07, 6.45) is 0.189. The van der Waals surface area contributed by atoms with Gasteiger partial charge in [-0.05, 0) is 43.7 Å². The van der Waals surface area contributed by atoms with Gasteiger partial charge in [0.15, 0.2) is 0 Å². The van der Waals surface area contributed by atoms with Crippen molar-refractivity contribution >= 4 is 0 Å². The molecule has 0 saturated heterocycles. The fraction of sp³-hybridized carbons (Fsp3) is 0.556. The van der Waals surface area contributed by atoms with Crippen molar-refractivity contribution in [3.63, 3.8) is 0 Å². The van der Waals surface area contributed by atoms with Crippen molar-refractivity contribution in [3.8, 4) is 0 Å². The van der Waals surface area contributed by atoms with E-state index < -0.39 is 12.2 Å². The summed E-state index contributed by atoms with van der Waals surface area (Å²) in [6, 6.07) is 20.9. The van der Waals surface area contributed by atoms with Crippen molar-refractivity contribution in [1.82, 2.24) is 20.4 Å². The molecule has 33 heavy (non-hydrogen) atoms. The minimum atomic E-state index is -0.393. The third kappa shape index (κ3) is 12.3. The highest BCUT2D eigenvalue weighted by Gasteiger charge is 2.15. The van der Waals surface area contributed by atoms with E-state index in [2.05, 4.69) is 82.8 Å². The van der Waals surface area contributed by atoms with E-state index in [9.17, 15) is 10.2 Å². The Balaban J connectivity index is 1.94. The third-order valence-electron chi connectivity index (χ3n) is 5.64. The largest absolute Gasteiger partial charge is 0.390 e. The monoisotopic (exact) mass is 456 g/mol. The first kappa shape index (κ1) is 27.4. The maximum Gasteiger partial charge on any atom is 0.0791 e. The number of nitrogens with zero attached hydrogens (tertiary/aromatic N) is 2. The van der Waals surface area contributed by atoms with Crippen molar-refractivity contribution < 1.29 is 10.2 Å². The molecular weight excluding hydrogens is 412 g/mol. The number of hydrogen-bond acceptors (Lipinski definition) is 6. The molecule has 0 aliphatic heterocycles. The van der Waals surface area contributed by atoms with Crippen LogP contribution in [0.1, 0.15) is 31.4 Å². The first-order valence-electron chi connectivity index (χ1n) is 12.4. The molecule has 6 nitrogen and oxygen atoms in total. The second-order valence-electron chi connectivity index (χ2n) is 8.72. The maximum atomic E-state index is 10.5. The Labute approximate surface area is 200 Å². The quantitative estimate of drug-likeness (QED) is 0.276. The molecule has 0 bridgehead atoms. The Hall–Kier alpha value is -1.80. The van der Waals surface area contributed by atoms with Gasteiger partial charge in [0, 0.05) is 39.3 Å². The van der Waals surface area contributed by atoms with Gasteiger partial charge in [-0.15, -0.1) is 0 Å². The van der Waals surface area contributed by atoms with E-state index in [1.54, 1.807) is 0 Å². The zero-order valence-electron chi connectivity index (χ0n) is 20.5. The molecular formula is C27H44N4O2. The number of benzene rings is 2. The zero-order valence-corrected chi connectivity index (χ0v) is 20.5. The summed E-state index contributed by atoms with van der Waals surface area (Å²) in [6.45, 7) is 11.8. The van der Waals surface area contributed by atoms with Gasteiger partial charge in [0.05, 0.1) is 12.2 Å². The lowest BCUT2D eigenvalue weighted by atomic mass is 10.1. The molecule has 6 heteroatoms. The van der Waals surface area contributed by atoms with Crippen LogP contribution >= 0.6 is 0 Å². The van der Waals surface area contributed by atoms with Gasteiger partial charge in [-0.2, -0.15) is 0 Å². The lowest BCUT2D eigenvalue weighted by Gasteiger charge is -2.29. The van der Waals surface area contributed by atoms with Crippen LogP contribution in [0.25, 0.3) is 0 Å². The molecule has 0 spiro atoms. The average Bonchev–Trinajstić information content (AvgIpc) is 2.82. The molecule has 0 saturated carbocycles. The fourth-order valence-corrected chi connectivity index (χ4v) is 4.02. The van der Waals surface area contributed by atoms with E-state index in [-0.39, 0.29) is 0 Å². The molecule has 0 aliphatic carbocycles. The number of nitrogens with one attached hydrogen (secondary N) is 2. The van der Waals surface area contributed by atoms with Crippen LogP contribution in [0.15, 0.2) is 60.7 Å². The molecule has 2 rings (SSSR count). The second kappa shape index (κ2) is 16.8. The first-order chi connectivity index (χ1) is 16.1. The Morgan fingerprint density at radius 3 is 1.42 bits per heavy atom. The summed E-state index contributed by atoms with van der Waals surface area (Å²) in [7, 11) is 0. The molecule has 0 aromatic heterocycles. The summed E-state index contributed by atoms with van der Waals surface area (Å²) in [5.74, 6) is 0. The first-order valence-corrected chi connectivity index (χ1v) is 12.4. The minimum Gasteiger partial charge on any atom is -0.390 e. The molecule has 4 N–H and O–H groups in total. The molecule has 184 valence electrons. The molecule has 0 fully saturated rings. The molecule has 0 heterocycles. The van der Waals surface area contributed by atoms with Crippen LogP contribution in [0.3, 0.4) is 0 Å². The van der Waals surface area contributed by atoms with Crippen molar-refractivity contribution in [2.24, 2.45) is 0 Å². The van der Waals surface area contributed by atoms with Crippen LogP contribution in [0.5, 0.6) is 0 Å². The fourth-order valence-electron chi connectivity index (χ4n) is 4.02. The molecule has 0 aliphatic rings. The topological polar surface area (TPSA) is 71.0 Å². The highest BCUT2D eigenvalue weighted by atomic mass is 16.3. The highest BCUT2D eigenvalue weighted by molar-refractivity contribution is 5.15. The van der Waals surface area contributed by atoms with E-state index in [4.69, 9.17) is 0 Å². The van der Waals surface area contributed by atoms with Gasteiger partial charge in [0.25, 0.3) is 0 Å². The van der Waals surface area contributed by atoms with Gasteiger partial charge in [-0.25, -0.2) is 0 Å². The van der Waals surface area contributed by atoms with Crippen molar-refractivity contribution in [3.05, 3.63) is 71.8 Å². The Bertz CT molecular complexity index is 655. The molecule has 2 atom stereocenters. The lowest BCUT2D eigenvalue weighted by Crippen LogP contribution is -2.41. The predicted molar refractivity (Wildman–Crippen MR) is 137 cm³/mol. The van der Waals surface area contributed by atoms with Gasteiger partial charge in [0.1, 0.15) is 0 Å².